The molecule has 3 aliphatic carbocycles. The van der Waals surface area contributed by atoms with E-state index in [2.05, 4.69) is 19.6 Å². The van der Waals surface area contributed by atoms with E-state index in [4.69, 9.17) is 14.2 Å². The van der Waals surface area contributed by atoms with Gasteiger partial charge in [-0.2, -0.15) is 0 Å². The SMILES string of the molecule is CCCOC(=O)[C@H]1C(C(=O)OCC[Si](C)(C)C)C2CC(=O)[C@H]1c1cc(OCc3ccc([N+](=O)[O-])cc3)ccc12. The number of nitro groups is 1. The molecule has 10 heteroatoms. The first-order valence-corrected chi connectivity index (χ1v) is 17.1. The number of carbonyl (C=O) groups excluding carboxylic acids is 3. The summed E-state index contributed by atoms with van der Waals surface area (Å²) in [4.78, 5) is 50.3. The Morgan fingerprint density at radius 1 is 0.974 bits per heavy atom. The Morgan fingerprint density at radius 2 is 1.64 bits per heavy atom. The number of hydrogen-bond donors (Lipinski definition) is 0. The molecule has 2 aromatic carbocycles. The molecule has 4 atom stereocenters. The first-order chi connectivity index (χ1) is 18.5. The van der Waals surface area contributed by atoms with E-state index in [-0.39, 0.29) is 31.1 Å². The Balaban J connectivity index is 1.59. The number of ether oxygens (including phenoxy) is 3. The number of hydrogen-bond acceptors (Lipinski definition) is 8. The highest BCUT2D eigenvalue weighted by Crippen LogP contribution is 2.55. The number of Topliss-reactive ketones (excluding diaryl/α,β-unsaturated/α-hetero) is 1. The Hall–Kier alpha value is -3.53. The molecule has 1 fully saturated rings. The molecule has 1 saturated carbocycles. The van der Waals surface area contributed by atoms with Crippen molar-refractivity contribution in [1.29, 1.82) is 0 Å². The number of non-ortho nitro benzene ring substituents is 1. The van der Waals surface area contributed by atoms with E-state index in [9.17, 15) is 24.5 Å². The lowest BCUT2D eigenvalue weighted by Gasteiger charge is -2.46. The van der Waals surface area contributed by atoms with E-state index in [1.165, 1.54) is 12.1 Å². The summed E-state index contributed by atoms with van der Waals surface area (Å²) in [7, 11) is -1.43. The van der Waals surface area contributed by atoms with Crippen LogP contribution in [0.25, 0.3) is 0 Å². The van der Waals surface area contributed by atoms with Gasteiger partial charge in [0.25, 0.3) is 5.69 Å². The van der Waals surface area contributed by atoms with Gasteiger partial charge >= 0.3 is 11.9 Å². The third-order valence-corrected chi connectivity index (χ3v) is 9.09. The average Bonchev–Trinajstić information content (AvgIpc) is 2.89. The summed E-state index contributed by atoms with van der Waals surface area (Å²) in [5, 5.41) is 10.9. The third kappa shape index (κ3) is 6.38. The van der Waals surface area contributed by atoms with Gasteiger partial charge in [-0.05, 0) is 53.4 Å². The maximum atomic E-state index is 13.4. The highest BCUT2D eigenvalue weighted by molar-refractivity contribution is 6.76. The zero-order chi connectivity index (χ0) is 28.3. The highest BCUT2D eigenvalue weighted by Gasteiger charge is 2.57. The fourth-order valence-electron chi connectivity index (χ4n) is 5.38. The first-order valence-electron chi connectivity index (χ1n) is 13.4. The average molecular weight is 554 g/mol. The molecule has 208 valence electrons. The van der Waals surface area contributed by atoms with Gasteiger partial charge in [0.2, 0.25) is 0 Å². The van der Waals surface area contributed by atoms with Crippen molar-refractivity contribution in [2.24, 2.45) is 11.8 Å². The third-order valence-electron chi connectivity index (χ3n) is 7.38. The largest absolute Gasteiger partial charge is 0.489 e. The summed E-state index contributed by atoms with van der Waals surface area (Å²) < 4.78 is 17.1. The molecule has 0 saturated heterocycles. The Kier molecular flexibility index (Phi) is 8.53. The molecule has 39 heavy (non-hydrogen) atoms. The van der Waals surface area contributed by atoms with Crippen LogP contribution >= 0.6 is 0 Å². The molecular formula is C29H35NO8Si. The number of carbonyl (C=O) groups is 3. The van der Waals surface area contributed by atoms with Crippen LogP contribution in [-0.2, 0) is 30.5 Å². The van der Waals surface area contributed by atoms with Crippen molar-refractivity contribution in [3.63, 3.8) is 0 Å². The highest BCUT2D eigenvalue weighted by atomic mass is 28.3. The summed E-state index contributed by atoms with van der Waals surface area (Å²) in [6.45, 7) is 9.17. The fourth-order valence-corrected chi connectivity index (χ4v) is 6.09. The van der Waals surface area contributed by atoms with Gasteiger partial charge in [-0.3, -0.25) is 24.5 Å². The topological polar surface area (TPSA) is 122 Å². The predicted octanol–water partition coefficient (Wildman–Crippen LogP) is 5.39. The molecule has 0 spiro atoms. The number of nitro benzene ring substituents is 1. The van der Waals surface area contributed by atoms with Crippen LogP contribution in [0.5, 0.6) is 5.75 Å². The molecule has 0 N–H and O–H groups in total. The molecule has 2 unspecified atom stereocenters. The fraction of sp³-hybridized carbons (Fsp3) is 0.483. The van der Waals surface area contributed by atoms with Crippen LogP contribution in [-0.4, -0.2) is 43.9 Å². The number of ketones is 1. The number of fused-ring (bicyclic) bond motifs is 2. The summed E-state index contributed by atoms with van der Waals surface area (Å²) in [6, 6.07) is 12.3. The van der Waals surface area contributed by atoms with Crippen LogP contribution in [0, 0.1) is 22.0 Å². The second-order valence-electron chi connectivity index (χ2n) is 11.5. The molecule has 9 nitrogen and oxygen atoms in total. The van der Waals surface area contributed by atoms with Gasteiger partial charge in [-0.15, -0.1) is 0 Å². The number of rotatable bonds is 11. The van der Waals surface area contributed by atoms with Gasteiger partial charge in [0.1, 0.15) is 18.1 Å². The Morgan fingerprint density at radius 3 is 2.28 bits per heavy atom. The van der Waals surface area contributed by atoms with Crippen molar-refractivity contribution < 1.29 is 33.5 Å². The number of esters is 2. The maximum absolute atomic E-state index is 13.4. The minimum atomic E-state index is -1.43. The molecule has 0 radical (unpaired) electrons. The summed E-state index contributed by atoms with van der Waals surface area (Å²) in [5.41, 5.74) is 2.28. The van der Waals surface area contributed by atoms with Gasteiger partial charge in [0.15, 0.2) is 0 Å². The van der Waals surface area contributed by atoms with Crippen LogP contribution in [0.3, 0.4) is 0 Å². The van der Waals surface area contributed by atoms with Crippen molar-refractivity contribution >= 4 is 31.5 Å². The molecule has 0 heterocycles. The second kappa shape index (κ2) is 11.7. The molecule has 0 aromatic heterocycles. The zero-order valence-corrected chi connectivity index (χ0v) is 23.8. The van der Waals surface area contributed by atoms with E-state index in [0.29, 0.717) is 24.3 Å². The minimum Gasteiger partial charge on any atom is -0.489 e. The standard InChI is InChI=1S/C29H35NO8Si/c1-5-12-36-29(33)27-25-22-15-20(38-17-18-6-8-19(9-7-18)30(34)35)10-11-21(22)23(16-24(25)31)26(27)28(32)37-13-14-39(2,3)4/h6-11,15,23,25-27H,5,12-14,16-17H2,1-4H3/t23?,25-,26?,27-/m1/s1. The van der Waals surface area contributed by atoms with E-state index in [1.807, 2.05) is 13.0 Å². The monoisotopic (exact) mass is 553 g/mol. The number of benzene rings is 2. The molecule has 0 amide bonds. The molecule has 3 aliphatic rings. The van der Waals surface area contributed by atoms with Crippen LogP contribution in [0.15, 0.2) is 42.5 Å². The van der Waals surface area contributed by atoms with Gasteiger partial charge in [-0.1, -0.05) is 32.6 Å². The summed E-state index contributed by atoms with van der Waals surface area (Å²) in [5.74, 6) is -3.59. The lowest BCUT2D eigenvalue weighted by Crippen LogP contribution is -2.50. The lowest BCUT2D eigenvalue weighted by atomic mass is 9.55. The second-order valence-corrected chi connectivity index (χ2v) is 17.1. The zero-order valence-electron chi connectivity index (χ0n) is 22.8. The van der Waals surface area contributed by atoms with Crippen molar-refractivity contribution in [2.45, 2.75) is 63.9 Å². The number of nitrogens with zero attached hydrogens (tertiary/aromatic N) is 1. The Labute approximate surface area is 229 Å². The van der Waals surface area contributed by atoms with Crippen molar-refractivity contribution in [3.05, 3.63) is 69.3 Å². The molecule has 2 bridgehead atoms. The normalized spacial score (nSPS) is 21.7. The maximum Gasteiger partial charge on any atom is 0.310 e. The van der Waals surface area contributed by atoms with Crippen LogP contribution in [0.4, 0.5) is 5.69 Å². The van der Waals surface area contributed by atoms with Crippen LogP contribution in [0.2, 0.25) is 25.7 Å². The van der Waals surface area contributed by atoms with E-state index in [0.717, 1.165) is 17.2 Å². The van der Waals surface area contributed by atoms with Crippen molar-refractivity contribution in [2.75, 3.05) is 13.2 Å². The molecular weight excluding hydrogens is 518 g/mol. The van der Waals surface area contributed by atoms with Crippen molar-refractivity contribution in [1.82, 2.24) is 0 Å². The lowest BCUT2D eigenvalue weighted by molar-refractivity contribution is -0.384. The summed E-state index contributed by atoms with van der Waals surface area (Å²) in [6.07, 6.45) is 0.801. The van der Waals surface area contributed by atoms with E-state index < -0.39 is 48.6 Å². The van der Waals surface area contributed by atoms with Crippen LogP contribution in [0.1, 0.15) is 48.3 Å². The van der Waals surface area contributed by atoms with Crippen LogP contribution < -0.4 is 4.74 Å². The minimum absolute atomic E-state index is 0.00312. The van der Waals surface area contributed by atoms with Gasteiger partial charge in [0, 0.05) is 32.5 Å². The van der Waals surface area contributed by atoms with Gasteiger partial charge < -0.3 is 14.2 Å². The molecule has 5 rings (SSSR count). The predicted molar refractivity (Wildman–Crippen MR) is 146 cm³/mol. The van der Waals surface area contributed by atoms with Gasteiger partial charge in [0.05, 0.1) is 35.9 Å². The quantitative estimate of drug-likeness (QED) is 0.157. The van der Waals surface area contributed by atoms with Gasteiger partial charge in [-0.25, -0.2) is 0 Å². The van der Waals surface area contributed by atoms with E-state index in [1.54, 1.807) is 24.3 Å². The molecule has 2 aromatic rings. The molecule has 0 aliphatic heterocycles. The first kappa shape index (κ1) is 28.5. The Bertz CT molecular complexity index is 1250. The van der Waals surface area contributed by atoms with Crippen molar-refractivity contribution in [3.8, 4) is 5.75 Å². The smallest absolute Gasteiger partial charge is 0.310 e. The summed E-state index contributed by atoms with van der Waals surface area (Å²) >= 11 is 0. The van der Waals surface area contributed by atoms with E-state index >= 15 is 0 Å².